The molecular weight excluding hydrogens is 338 g/mol. The van der Waals surface area contributed by atoms with E-state index in [1.165, 1.54) is 18.4 Å². The van der Waals surface area contributed by atoms with Crippen LogP contribution in [0.25, 0.3) is 0 Å². The monoisotopic (exact) mass is 371 g/mol. The summed E-state index contributed by atoms with van der Waals surface area (Å²) >= 11 is 0. The number of fused-ring (bicyclic) bond motifs is 2. The molecule has 148 valence electrons. The lowest BCUT2D eigenvalue weighted by Gasteiger charge is -2.39. The number of carbonyl (C=O) groups excluding carboxylic acids is 2. The van der Waals surface area contributed by atoms with Crippen LogP contribution < -0.4 is 0 Å². The van der Waals surface area contributed by atoms with Crippen molar-refractivity contribution in [3.63, 3.8) is 0 Å². The summed E-state index contributed by atoms with van der Waals surface area (Å²) in [6.07, 6.45) is 6.68. The highest BCUT2D eigenvalue weighted by Crippen LogP contribution is 2.40. The van der Waals surface area contributed by atoms with E-state index in [1.54, 1.807) is 0 Å². The number of unbranched alkanes of at least 4 members (excludes halogenated alkanes) is 1. The van der Waals surface area contributed by atoms with Crippen molar-refractivity contribution in [3.05, 3.63) is 35.4 Å². The molecular formula is C23H33NO3. The second-order valence-electron chi connectivity index (χ2n) is 9.11. The fraction of sp³-hybridized carbons (Fsp3) is 0.652. The number of piperidine rings is 1. The van der Waals surface area contributed by atoms with Gasteiger partial charge in [-0.25, -0.2) is 4.79 Å². The molecule has 1 aromatic carbocycles. The van der Waals surface area contributed by atoms with Crippen LogP contribution in [0, 0.1) is 5.92 Å². The first-order valence-electron chi connectivity index (χ1n) is 10.4. The number of hydrogen-bond acceptors (Lipinski definition) is 3. The lowest BCUT2D eigenvalue weighted by Crippen LogP contribution is -2.49. The minimum absolute atomic E-state index is 0.0164. The zero-order chi connectivity index (χ0) is 19.6. The number of aryl methyl sites for hydroxylation is 1. The van der Waals surface area contributed by atoms with Gasteiger partial charge in [0.15, 0.2) is 5.78 Å². The Morgan fingerprint density at radius 2 is 1.67 bits per heavy atom. The summed E-state index contributed by atoms with van der Waals surface area (Å²) in [5, 5.41) is 0. The number of hydrogen-bond donors (Lipinski definition) is 0. The molecule has 0 N–H and O–H groups in total. The van der Waals surface area contributed by atoms with E-state index in [2.05, 4.69) is 19.1 Å². The average Bonchev–Trinajstić information content (AvgIpc) is 2.88. The highest BCUT2D eigenvalue weighted by atomic mass is 16.6. The number of nitrogens with zero attached hydrogens (tertiary/aromatic N) is 1. The van der Waals surface area contributed by atoms with Crippen molar-refractivity contribution in [3.8, 4) is 0 Å². The van der Waals surface area contributed by atoms with Gasteiger partial charge >= 0.3 is 6.09 Å². The van der Waals surface area contributed by atoms with Crippen LogP contribution in [0.4, 0.5) is 4.79 Å². The molecule has 1 amide bonds. The Labute approximate surface area is 163 Å². The summed E-state index contributed by atoms with van der Waals surface area (Å²) in [5.74, 6) is 0.250. The zero-order valence-corrected chi connectivity index (χ0v) is 17.2. The minimum atomic E-state index is -0.483. The molecule has 2 fully saturated rings. The van der Waals surface area contributed by atoms with Gasteiger partial charge in [-0.15, -0.1) is 0 Å². The second kappa shape index (κ2) is 8.04. The van der Waals surface area contributed by atoms with Crippen LogP contribution in [0.15, 0.2) is 24.3 Å². The van der Waals surface area contributed by atoms with Crippen LogP contribution in [0.1, 0.15) is 82.1 Å². The molecule has 2 aliphatic heterocycles. The molecule has 1 aromatic rings. The van der Waals surface area contributed by atoms with Crippen molar-refractivity contribution in [1.29, 1.82) is 0 Å². The topological polar surface area (TPSA) is 46.6 Å². The van der Waals surface area contributed by atoms with Crippen LogP contribution in [-0.4, -0.2) is 34.5 Å². The molecule has 0 aromatic heterocycles. The average molecular weight is 372 g/mol. The van der Waals surface area contributed by atoms with Gasteiger partial charge < -0.3 is 9.64 Å². The Hall–Kier alpha value is -1.84. The molecule has 4 heteroatoms. The first-order chi connectivity index (χ1) is 12.8. The first-order valence-corrected chi connectivity index (χ1v) is 10.4. The van der Waals surface area contributed by atoms with Gasteiger partial charge in [-0.05, 0) is 64.9 Å². The van der Waals surface area contributed by atoms with E-state index in [4.69, 9.17) is 4.74 Å². The third-order valence-electron chi connectivity index (χ3n) is 5.77. The number of benzene rings is 1. The number of Topliss-reactive ketones (excluding diaryl/α,β-unsaturated/α-hetero) is 1. The first kappa shape index (κ1) is 19.9. The smallest absolute Gasteiger partial charge is 0.410 e. The molecule has 4 nitrogen and oxygen atoms in total. The van der Waals surface area contributed by atoms with Gasteiger partial charge in [-0.3, -0.25) is 4.79 Å². The third-order valence-corrected chi connectivity index (χ3v) is 5.77. The molecule has 2 aliphatic rings. The molecule has 3 rings (SSSR count). The Morgan fingerprint density at radius 1 is 1.07 bits per heavy atom. The molecule has 0 spiro atoms. The summed E-state index contributed by atoms with van der Waals surface area (Å²) in [5.41, 5.74) is 1.63. The standard InChI is InChI=1S/C23H33NO3/c1-5-6-7-16-8-10-17(11-9-16)21(25)18-14-19-12-13-20(15-18)24(19)22(26)27-23(2,3)4/h8-11,18-20H,5-7,12-15H2,1-4H3. The summed E-state index contributed by atoms with van der Waals surface area (Å²) in [7, 11) is 0. The molecule has 2 heterocycles. The van der Waals surface area contributed by atoms with Gasteiger partial charge in [0, 0.05) is 23.6 Å². The number of carbonyl (C=O) groups is 2. The zero-order valence-electron chi connectivity index (χ0n) is 17.2. The summed E-state index contributed by atoms with van der Waals surface area (Å²) in [6, 6.07) is 8.42. The van der Waals surface area contributed by atoms with E-state index in [0.29, 0.717) is 0 Å². The van der Waals surface area contributed by atoms with E-state index >= 15 is 0 Å². The largest absolute Gasteiger partial charge is 0.444 e. The lowest BCUT2D eigenvalue weighted by atomic mass is 9.84. The fourth-order valence-corrected chi connectivity index (χ4v) is 4.46. The van der Waals surface area contributed by atoms with E-state index in [9.17, 15) is 9.59 Å². The van der Waals surface area contributed by atoms with Crippen LogP contribution in [0.3, 0.4) is 0 Å². The second-order valence-corrected chi connectivity index (χ2v) is 9.11. The minimum Gasteiger partial charge on any atom is -0.444 e. The van der Waals surface area contributed by atoms with E-state index < -0.39 is 5.60 Å². The lowest BCUT2D eigenvalue weighted by molar-refractivity contribution is 0.00254. The van der Waals surface area contributed by atoms with Crippen molar-refractivity contribution in [2.45, 2.75) is 90.3 Å². The molecule has 0 aliphatic carbocycles. The number of ketones is 1. The van der Waals surface area contributed by atoms with Gasteiger partial charge in [-0.2, -0.15) is 0 Å². The summed E-state index contributed by atoms with van der Waals surface area (Å²) in [4.78, 5) is 27.5. The highest BCUT2D eigenvalue weighted by molar-refractivity contribution is 5.98. The van der Waals surface area contributed by atoms with Gasteiger partial charge in [-0.1, -0.05) is 37.6 Å². The van der Waals surface area contributed by atoms with Gasteiger partial charge in [0.1, 0.15) is 5.60 Å². The maximum Gasteiger partial charge on any atom is 0.410 e. The maximum atomic E-state index is 13.0. The SMILES string of the molecule is CCCCc1ccc(C(=O)C2CC3CCC(C2)N3C(=O)OC(C)(C)C)cc1. The van der Waals surface area contributed by atoms with Crippen LogP contribution in [0.2, 0.25) is 0 Å². The van der Waals surface area contributed by atoms with Crippen molar-refractivity contribution in [2.75, 3.05) is 0 Å². The van der Waals surface area contributed by atoms with E-state index in [1.807, 2.05) is 37.8 Å². The Morgan fingerprint density at radius 3 is 2.19 bits per heavy atom. The van der Waals surface area contributed by atoms with Crippen molar-refractivity contribution in [2.24, 2.45) is 5.92 Å². The molecule has 0 saturated carbocycles. The van der Waals surface area contributed by atoms with Crippen LogP contribution in [-0.2, 0) is 11.2 Å². The molecule has 27 heavy (non-hydrogen) atoms. The molecule has 2 saturated heterocycles. The summed E-state index contributed by atoms with van der Waals surface area (Å²) < 4.78 is 5.59. The predicted molar refractivity (Wildman–Crippen MR) is 107 cm³/mol. The van der Waals surface area contributed by atoms with Crippen molar-refractivity contribution in [1.82, 2.24) is 4.90 Å². The van der Waals surface area contributed by atoms with Gasteiger partial charge in [0.05, 0.1) is 0 Å². The molecule has 0 radical (unpaired) electrons. The van der Waals surface area contributed by atoms with Crippen LogP contribution in [0.5, 0.6) is 0 Å². The van der Waals surface area contributed by atoms with Crippen LogP contribution >= 0.6 is 0 Å². The Kier molecular flexibility index (Phi) is 5.92. The van der Waals surface area contributed by atoms with Gasteiger partial charge in [0.2, 0.25) is 0 Å². The molecule has 2 atom stereocenters. The van der Waals surface area contributed by atoms with Gasteiger partial charge in [0.25, 0.3) is 0 Å². The van der Waals surface area contributed by atoms with E-state index in [-0.39, 0.29) is 29.9 Å². The summed E-state index contributed by atoms with van der Waals surface area (Å²) in [6.45, 7) is 7.88. The molecule has 2 bridgehead atoms. The van der Waals surface area contributed by atoms with Crippen molar-refractivity contribution >= 4 is 11.9 Å². The predicted octanol–water partition coefficient (Wildman–Crippen LogP) is 5.39. The Balaban J connectivity index is 1.64. The number of ether oxygens (including phenoxy) is 1. The molecule has 2 unspecified atom stereocenters. The fourth-order valence-electron chi connectivity index (χ4n) is 4.46. The normalized spacial score (nSPS) is 24.7. The highest BCUT2D eigenvalue weighted by Gasteiger charge is 2.46. The maximum absolute atomic E-state index is 13.0. The third kappa shape index (κ3) is 4.72. The Bertz CT molecular complexity index is 660. The number of amides is 1. The van der Waals surface area contributed by atoms with Crippen molar-refractivity contribution < 1.29 is 14.3 Å². The van der Waals surface area contributed by atoms with E-state index in [0.717, 1.165) is 37.7 Å². The quantitative estimate of drug-likeness (QED) is 0.652. The number of rotatable bonds is 5.